The molecule has 2 rings (SSSR count). The van der Waals surface area contributed by atoms with Gasteiger partial charge < -0.3 is 0 Å². The number of nitrogens with zero attached hydrogens (tertiary/aromatic N) is 2. The summed E-state index contributed by atoms with van der Waals surface area (Å²) in [4.78, 5) is 17.2. The second-order valence-corrected chi connectivity index (χ2v) is 4.44. The number of carbonyl (C=O) groups is 1. The summed E-state index contributed by atoms with van der Waals surface area (Å²) in [6, 6.07) is 0. The maximum atomic E-state index is 11.0. The van der Waals surface area contributed by atoms with Crippen LogP contribution in [0.1, 0.15) is 41.6 Å². The highest BCUT2D eigenvalue weighted by molar-refractivity contribution is 7.17. The number of rotatable bonds is 3. The number of imidazole rings is 1. The van der Waals surface area contributed by atoms with Gasteiger partial charge in [0.15, 0.2) is 6.29 Å². The lowest BCUT2D eigenvalue weighted by atomic mass is 10.1. The van der Waals surface area contributed by atoms with Crippen molar-refractivity contribution < 1.29 is 4.79 Å². The van der Waals surface area contributed by atoms with Crippen LogP contribution in [-0.4, -0.2) is 15.7 Å². The molecule has 2 aromatic heterocycles. The molecule has 0 amide bonds. The maximum Gasteiger partial charge on any atom is 0.168 e. The summed E-state index contributed by atoms with van der Waals surface area (Å²) in [5.74, 6) is 0.445. The van der Waals surface area contributed by atoms with Gasteiger partial charge in [-0.15, -0.1) is 11.3 Å². The van der Waals surface area contributed by atoms with Crippen LogP contribution in [0.3, 0.4) is 0 Å². The van der Waals surface area contributed by atoms with Crippen LogP contribution in [-0.2, 0) is 0 Å². The van der Waals surface area contributed by atoms with E-state index in [2.05, 4.69) is 18.8 Å². The van der Waals surface area contributed by atoms with Gasteiger partial charge in [0, 0.05) is 4.88 Å². The number of fused-ring (bicyclic) bond motifs is 1. The average Bonchev–Trinajstić information content (AvgIpc) is 2.74. The topological polar surface area (TPSA) is 34.4 Å². The van der Waals surface area contributed by atoms with Crippen molar-refractivity contribution in [3.05, 3.63) is 23.1 Å². The van der Waals surface area contributed by atoms with E-state index in [1.165, 1.54) is 4.88 Å². The van der Waals surface area contributed by atoms with Crippen molar-refractivity contribution >= 4 is 22.5 Å². The minimum absolute atomic E-state index is 0.445. The monoisotopic (exact) mass is 208 g/mol. The summed E-state index contributed by atoms with van der Waals surface area (Å²) >= 11 is 1.66. The molecule has 0 N–H and O–H groups in total. The number of hydrogen-bond donors (Lipinski definition) is 0. The molecule has 4 heteroatoms. The second-order valence-electron chi connectivity index (χ2n) is 3.38. The van der Waals surface area contributed by atoms with Gasteiger partial charge in [0.05, 0.1) is 6.20 Å². The van der Waals surface area contributed by atoms with Crippen molar-refractivity contribution in [2.75, 3.05) is 0 Å². The van der Waals surface area contributed by atoms with Crippen molar-refractivity contribution in [2.45, 2.75) is 26.2 Å². The van der Waals surface area contributed by atoms with Crippen molar-refractivity contribution in [1.29, 1.82) is 0 Å². The number of aldehydes is 1. The molecule has 0 aliphatic heterocycles. The Morgan fingerprint density at radius 1 is 1.71 bits per heavy atom. The highest BCUT2D eigenvalue weighted by Gasteiger charge is 2.15. The Bertz CT molecular complexity index is 458. The Morgan fingerprint density at radius 3 is 3.14 bits per heavy atom. The van der Waals surface area contributed by atoms with Crippen LogP contribution in [0.2, 0.25) is 0 Å². The molecule has 2 aromatic rings. The third-order valence-corrected chi connectivity index (χ3v) is 3.85. The third kappa shape index (κ3) is 1.26. The fourth-order valence-corrected chi connectivity index (χ4v) is 2.68. The number of hydrogen-bond acceptors (Lipinski definition) is 3. The standard InChI is InChI=1S/C10H12N2OS/c1-3-7(2)10-8(5-13)12-6-11-4-9(12)14-10/h4-7H,3H2,1-2H3. The largest absolute Gasteiger partial charge is 0.296 e. The minimum atomic E-state index is 0.445. The number of aromatic nitrogens is 2. The lowest BCUT2D eigenvalue weighted by Gasteiger charge is -2.05. The van der Waals surface area contributed by atoms with E-state index in [9.17, 15) is 4.79 Å². The SMILES string of the molecule is CCC(C)c1sc2cncn2c1C=O. The van der Waals surface area contributed by atoms with E-state index in [1.807, 2.05) is 4.40 Å². The fraction of sp³-hybridized carbons (Fsp3) is 0.400. The van der Waals surface area contributed by atoms with Crippen LogP contribution < -0.4 is 0 Å². The first-order valence-corrected chi connectivity index (χ1v) is 5.49. The fourth-order valence-electron chi connectivity index (χ4n) is 1.48. The lowest BCUT2D eigenvalue weighted by Crippen LogP contribution is -1.96. The second kappa shape index (κ2) is 3.53. The Balaban J connectivity index is 2.63. The van der Waals surface area contributed by atoms with Crippen molar-refractivity contribution in [3.63, 3.8) is 0 Å². The molecular weight excluding hydrogens is 196 g/mol. The van der Waals surface area contributed by atoms with Crippen LogP contribution in [0, 0.1) is 0 Å². The Morgan fingerprint density at radius 2 is 2.50 bits per heavy atom. The number of thiazole rings is 1. The highest BCUT2D eigenvalue weighted by atomic mass is 32.1. The van der Waals surface area contributed by atoms with E-state index in [4.69, 9.17) is 0 Å². The van der Waals surface area contributed by atoms with Crippen molar-refractivity contribution in [2.24, 2.45) is 0 Å². The molecule has 0 spiro atoms. The summed E-state index contributed by atoms with van der Waals surface area (Å²) in [6.45, 7) is 4.28. The van der Waals surface area contributed by atoms with Gasteiger partial charge in [-0.25, -0.2) is 4.98 Å². The Kier molecular flexibility index (Phi) is 2.37. The summed E-state index contributed by atoms with van der Waals surface area (Å²) in [6.07, 6.45) is 5.47. The predicted molar refractivity (Wildman–Crippen MR) is 57.2 cm³/mol. The molecule has 1 unspecified atom stereocenters. The van der Waals surface area contributed by atoms with E-state index in [0.29, 0.717) is 5.92 Å². The molecular formula is C10H12N2OS. The van der Waals surface area contributed by atoms with Gasteiger partial charge in [-0.05, 0) is 12.3 Å². The zero-order chi connectivity index (χ0) is 10.1. The third-order valence-electron chi connectivity index (χ3n) is 2.50. The van der Waals surface area contributed by atoms with Crippen LogP contribution >= 0.6 is 11.3 Å². The molecule has 0 aromatic carbocycles. The molecule has 0 fully saturated rings. The molecule has 0 bridgehead atoms. The van der Waals surface area contributed by atoms with Gasteiger partial charge in [0.25, 0.3) is 0 Å². The smallest absolute Gasteiger partial charge is 0.168 e. The molecule has 0 aliphatic rings. The van der Waals surface area contributed by atoms with Gasteiger partial charge in [-0.2, -0.15) is 0 Å². The van der Waals surface area contributed by atoms with Gasteiger partial charge in [-0.3, -0.25) is 9.20 Å². The summed E-state index contributed by atoms with van der Waals surface area (Å²) in [5.41, 5.74) is 0.761. The minimum Gasteiger partial charge on any atom is -0.296 e. The first kappa shape index (κ1) is 9.40. The summed E-state index contributed by atoms with van der Waals surface area (Å²) < 4.78 is 1.86. The van der Waals surface area contributed by atoms with Gasteiger partial charge in [0.2, 0.25) is 0 Å². The van der Waals surface area contributed by atoms with Gasteiger partial charge >= 0.3 is 0 Å². The average molecular weight is 208 g/mol. The van der Waals surface area contributed by atoms with E-state index in [-0.39, 0.29) is 0 Å². The van der Waals surface area contributed by atoms with Gasteiger partial charge in [-0.1, -0.05) is 13.8 Å². The number of carbonyl (C=O) groups excluding carboxylic acids is 1. The molecule has 0 saturated heterocycles. The zero-order valence-electron chi connectivity index (χ0n) is 8.23. The molecule has 0 aliphatic carbocycles. The highest BCUT2D eigenvalue weighted by Crippen LogP contribution is 2.30. The van der Waals surface area contributed by atoms with Crippen molar-refractivity contribution in [1.82, 2.24) is 9.38 Å². The van der Waals surface area contributed by atoms with Crippen molar-refractivity contribution in [3.8, 4) is 0 Å². The molecule has 1 atom stereocenters. The Labute approximate surface area is 86.4 Å². The van der Waals surface area contributed by atoms with E-state index in [0.717, 1.165) is 23.2 Å². The van der Waals surface area contributed by atoms with E-state index in [1.54, 1.807) is 23.9 Å². The summed E-state index contributed by atoms with van der Waals surface area (Å²) in [7, 11) is 0. The van der Waals surface area contributed by atoms with Crippen LogP contribution in [0.15, 0.2) is 12.5 Å². The quantitative estimate of drug-likeness (QED) is 0.727. The molecule has 14 heavy (non-hydrogen) atoms. The Hall–Kier alpha value is -1.16. The molecule has 74 valence electrons. The van der Waals surface area contributed by atoms with Crippen LogP contribution in [0.4, 0.5) is 0 Å². The van der Waals surface area contributed by atoms with E-state index < -0.39 is 0 Å². The summed E-state index contributed by atoms with van der Waals surface area (Å²) in [5, 5.41) is 0. The first-order chi connectivity index (χ1) is 6.77. The molecule has 0 radical (unpaired) electrons. The molecule has 0 saturated carbocycles. The van der Waals surface area contributed by atoms with Crippen LogP contribution in [0.5, 0.6) is 0 Å². The van der Waals surface area contributed by atoms with E-state index >= 15 is 0 Å². The molecule has 2 heterocycles. The first-order valence-electron chi connectivity index (χ1n) is 4.67. The zero-order valence-corrected chi connectivity index (χ0v) is 9.04. The molecule has 3 nitrogen and oxygen atoms in total. The maximum absolute atomic E-state index is 11.0. The van der Waals surface area contributed by atoms with Crippen LogP contribution in [0.25, 0.3) is 4.83 Å². The normalized spacial score (nSPS) is 13.3. The van der Waals surface area contributed by atoms with Gasteiger partial charge in [0.1, 0.15) is 16.9 Å². The predicted octanol–water partition coefficient (Wildman–Crippen LogP) is 2.72. The lowest BCUT2D eigenvalue weighted by molar-refractivity contribution is 0.111.